The molecule has 7 rings (SSSR count). The second kappa shape index (κ2) is 7.85. The van der Waals surface area contributed by atoms with E-state index in [1.165, 1.54) is 0 Å². The van der Waals surface area contributed by atoms with Crippen molar-refractivity contribution in [2.24, 2.45) is 5.73 Å². The highest BCUT2D eigenvalue weighted by molar-refractivity contribution is 6.10. The van der Waals surface area contributed by atoms with E-state index in [0.29, 0.717) is 19.6 Å². The van der Waals surface area contributed by atoms with Gasteiger partial charge in [-0.2, -0.15) is 0 Å². The Morgan fingerprint density at radius 3 is 2.57 bits per heavy atom. The lowest BCUT2D eigenvalue weighted by Crippen LogP contribution is -2.68. The molecule has 1 spiro atoms. The summed E-state index contributed by atoms with van der Waals surface area (Å²) in [6.07, 6.45) is 7.01. The first-order valence-electron chi connectivity index (χ1n) is 12.5. The lowest BCUT2D eigenvalue weighted by atomic mass is 9.75. The standard InChI is InChI=1S/C29H26N6O2/c30-29(11-12-29)33-27(37)34-17-28(18-34)22-9-3-4-10-24(22)35(26(28)36)16-23-25(20-7-5-13-31-14-20)21-8-2-1-6-19(21)15-32-23/h1-10,13-15H,11-12,16-18,30H2,(H,33,37). The van der Waals surface area contributed by atoms with Crippen LogP contribution in [0.5, 0.6) is 0 Å². The van der Waals surface area contributed by atoms with Gasteiger partial charge in [-0.05, 0) is 35.9 Å². The maximum atomic E-state index is 14.1. The van der Waals surface area contributed by atoms with Gasteiger partial charge >= 0.3 is 6.03 Å². The monoisotopic (exact) mass is 490 g/mol. The fourth-order valence-electron chi connectivity index (χ4n) is 5.67. The second-order valence-electron chi connectivity index (χ2n) is 10.3. The van der Waals surface area contributed by atoms with Crippen molar-refractivity contribution < 1.29 is 9.59 Å². The van der Waals surface area contributed by atoms with Crippen LogP contribution in [0.4, 0.5) is 10.5 Å². The number of fused-ring (bicyclic) bond motifs is 3. The summed E-state index contributed by atoms with van der Waals surface area (Å²) in [6, 6.07) is 19.7. The smallest absolute Gasteiger partial charge is 0.318 e. The normalized spacial score (nSPS) is 18.6. The van der Waals surface area contributed by atoms with Crippen molar-refractivity contribution in [3.8, 4) is 11.1 Å². The van der Waals surface area contributed by atoms with E-state index in [1.807, 2.05) is 71.9 Å². The van der Waals surface area contributed by atoms with Crippen LogP contribution in [0.15, 0.2) is 79.3 Å². The van der Waals surface area contributed by atoms with Gasteiger partial charge in [0.05, 0.1) is 17.9 Å². The number of amides is 3. The van der Waals surface area contributed by atoms with E-state index in [1.54, 1.807) is 11.1 Å². The van der Waals surface area contributed by atoms with Crippen LogP contribution in [-0.2, 0) is 16.8 Å². The largest absolute Gasteiger partial charge is 0.322 e. The Hall–Kier alpha value is -4.30. The fraction of sp³-hybridized carbons (Fsp3) is 0.241. The number of nitrogens with two attached hydrogens (primary N) is 1. The molecular formula is C29H26N6O2. The summed E-state index contributed by atoms with van der Waals surface area (Å²) in [4.78, 5) is 39.4. The molecule has 8 heteroatoms. The molecule has 1 saturated carbocycles. The van der Waals surface area contributed by atoms with Crippen LogP contribution in [0, 0.1) is 0 Å². The zero-order valence-corrected chi connectivity index (χ0v) is 20.2. The van der Waals surface area contributed by atoms with Gasteiger partial charge in [-0.25, -0.2) is 4.79 Å². The quantitative estimate of drug-likeness (QED) is 0.426. The summed E-state index contributed by atoms with van der Waals surface area (Å²) in [6.45, 7) is 0.995. The van der Waals surface area contributed by atoms with E-state index >= 15 is 0 Å². The first kappa shape index (κ1) is 21.9. The number of anilines is 1. The Bertz CT molecular complexity index is 1560. The topological polar surface area (TPSA) is 104 Å². The minimum Gasteiger partial charge on any atom is -0.322 e. The zero-order chi connectivity index (χ0) is 25.2. The third-order valence-electron chi connectivity index (χ3n) is 7.85. The molecule has 1 aliphatic carbocycles. The van der Waals surface area contributed by atoms with Gasteiger partial charge in [-0.1, -0.05) is 48.5 Å². The van der Waals surface area contributed by atoms with Crippen LogP contribution < -0.4 is 16.0 Å². The first-order valence-corrected chi connectivity index (χ1v) is 12.5. The number of benzene rings is 2. The fourth-order valence-corrected chi connectivity index (χ4v) is 5.67. The Morgan fingerprint density at radius 1 is 1.00 bits per heavy atom. The molecule has 4 aromatic rings. The maximum Gasteiger partial charge on any atom is 0.318 e. The number of nitrogens with zero attached hydrogens (tertiary/aromatic N) is 4. The molecular weight excluding hydrogens is 464 g/mol. The van der Waals surface area contributed by atoms with Crippen molar-refractivity contribution in [3.05, 3.63) is 90.5 Å². The molecule has 1 saturated heterocycles. The Kier molecular flexibility index (Phi) is 4.65. The molecule has 3 N–H and O–H groups in total. The summed E-state index contributed by atoms with van der Waals surface area (Å²) in [5.74, 6) is -0.00118. The maximum absolute atomic E-state index is 14.1. The van der Waals surface area contributed by atoms with Crippen LogP contribution >= 0.6 is 0 Å². The molecule has 3 amide bonds. The van der Waals surface area contributed by atoms with Gasteiger partial charge in [0.15, 0.2) is 0 Å². The molecule has 2 fully saturated rings. The Labute approximate surface area is 214 Å². The van der Waals surface area contributed by atoms with Crippen molar-refractivity contribution in [1.29, 1.82) is 0 Å². The average Bonchev–Trinajstić information content (AvgIpc) is 3.57. The highest BCUT2D eigenvalue weighted by Gasteiger charge is 2.59. The van der Waals surface area contributed by atoms with E-state index in [0.717, 1.165) is 51.7 Å². The summed E-state index contributed by atoms with van der Waals surface area (Å²) in [5.41, 5.74) is 9.31. The number of urea groups is 1. The summed E-state index contributed by atoms with van der Waals surface area (Å²) >= 11 is 0. The van der Waals surface area contributed by atoms with Crippen LogP contribution in [0.2, 0.25) is 0 Å². The highest BCUT2D eigenvalue weighted by atomic mass is 16.2. The van der Waals surface area contributed by atoms with E-state index in [9.17, 15) is 9.59 Å². The van der Waals surface area contributed by atoms with Crippen LogP contribution in [-0.4, -0.2) is 45.6 Å². The first-order chi connectivity index (χ1) is 18.0. The number of hydrogen-bond donors (Lipinski definition) is 2. The molecule has 2 aromatic carbocycles. The molecule has 184 valence electrons. The van der Waals surface area contributed by atoms with Gasteiger partial charge in [0, 0.05) is 53.9 Å². The molecule has 4 heterocycles. The number of carbonyl (C=O) groups excluding carboxylic acids is 2. The lowest BCUT2D eigenvalue weighted by Gasteiger charge is -2.47. The molecule has 8 nitrogen and oxygen atoms in total. The van der Waals surface area contributed by atoms with Gasteiger partial charge in [0.1, 0.15) is 5.41 Å². The van der Waals surface area contributed by atoms with Crippen LogP contribution in [0.1, 0.15) is 24.1 Å². The van der Waals surface area contributed by atoms with Gasteiger partial charge in [0.2, 0.25) is 5.91 Å². The number of likely N-dealkylation sites (tertiary alicyclic amines) is 1. The van der Waals surface area contributed by atoms with E-state index in [4.69, 9.17) is 10.7 Å². The number of aromatic nitrogens is 2. The number of pyridine rings is 2. The molecule has 3 aliphatic rings. The molecule has 2 aliphatic heterocycles. The minimum atomic E-state index is -0.745. The Balaban J connectivity index is 1.25. The number of rotatable bonds is 4. The zero-order valence-electron chi connectivity index (χ0n) is 20.2. The summed E-state index contributed by atoms with van der Waals surface area (Å²) < 4.78 is 0. The van der Waals surface area contributed by atoms with Crippen molar-refractivity contribution >= 4 is 28.4 Å². The van der Waals surface area contributed by atoms with Gasteiger partial charge in [0.25, 0.3) is 0 Å². The van der Waals surface area contributed by atoms with Crippen LogP contribution in [0.25, 0.3) is 21.9 Å². The van der Waals surface area contributed by atoms with Crippen LogP contribution in [0.3, 0.4) is 0 Å². The highest BCUT2D eigenvalue weighted by Crippen LogP contribution is 2.48. The number of carbonyl (C=O) groups is 2. The van der Waals surface area contributed by atoms with Gasteiger partial charge in [-0.15, -0.1) is 0 Å². The van der Waals surface area contributed by atoms with Gasteiger partial charge < -0.3 is 20.9 Å². The summed E-state index contributed by atoms with van der Waals surface area (Å²) in [5, 5.41) is 4.99. The predicted molar refractivity (Wildman–Crippen MR) is 141 cm³/mol. The van der Waals surface area contributed by atoms with E-state index in [-0.39, 0.29) is 11.9 Å². The number of nitrogens with one attached hydrogen (secondary N) is 1. The number of para-hydroxylation sites is 1. The molecule has 0 radical (unpaired) electrons. The average molecular weight is 491 g/mol. The molecule has 0 bridgehead atoms. The summed E-state index contributed by atoms with van der Waals surface area (Å²) in [7, 11) is 0. The van der Waals surface area contributed by atoms with Crippen molar-refractivity contribution in [3.63, 3.8) is 0 Å². The predicted octanol–water partition coefficient (Wildman–Crippen LogP) is 3.56. The van der Waals surface area contributed by atoms with Crippen molar-refractivity contribution in [1.82, 2.24) is 20.2 Å². The SMILES string of the molecule is NC1(NC(=O)N2CC3(C2)C(=O)N(Cc2ncc4ccccc4c2-c2cccnc2)c2ccccc23)CC1. The second-order valence-corrected chi connectivity index (χ2v) is 10.3. The third-order valence-corrected chi connectivity index (χ3v) is 7.85. The van der Waals surface area contributed by atoms with Crippen molar-refractivity contribution in [2.75, 3.05) is 18.0 Å². The minimum absolute atomic E-state index is 0.00118. The lowest BCUT2D eigenvalue weighted by molar-refractivity contribution is -0.127. The molecule has 0 atom stereocenters. The van der Waals surface area contributed by atoms with Crippen molar-refractivity contribution in [2.45, 2.75) is 30.5 Å². The molecule has 0 unspecified atom stereocenters. The van der Waals surface area contributed by atoms with E-state index < -0.39 is 11.1 Å². The van der Waals surface area contributed by atoms with Gasteiger partial charge in [-0.3, -0.25) is 14.8 Å². The molecule has 2 aromatic heterocycles. The Morgan fingerprint density at radius 2 is 1.78 bits per heavy atom. The molecule has 37 heavy (non-hydrogen) atoms. The third kappa shape index (κ3) is 3.40. The number of hydrogen-bond acceptors (Lipinski definition) is 5. The van der Waals surface area contributed by atoms with E-state index in [2.05, 4.69) is 16.4 Å².